The summed E-state index contributed by atoms with van der Waals surface area (Å²) in [5.74, 6) is -2.09. The number of benzene rings is 1. The average Bonchev–Trinajstić information content (AvgIpc) is 2.61. The Hall–Kier alpha value is -2.87. The Morgan fingerprint density at radius 2 is 1.81 bits per heavy atom. The normalized spacial score (nSPS) is 10.2. The summed E-state index contributed by atoms with van der Waals surface area (Å²) in [7, 11) is 1.42. The number of hydrogen-bond donors (Lipinski definition) is 1. The molecule has 1 N–H and O–H groups in total. The second-order valence-electron chi connectivity index (χ2n) is 5.03. The van der Waals surface area contributed by atoms with E-state index in [2.05, 4.69) is 20.3 Å². The molecule has 0 aliphatic rings. The molecule has 0 aliphatic carbocycles. The van der Waals surface area contributed by atoms with Gasteiger partial charge in [-0.3, -0.25) is 4.98 Å². The third-order valence-electron chi connectivity index (χ3n) is 3.41. The molecule has 26 heavy (non-hydrogen) atoms. The van der Waals surface area contributed by atoms with Gasteiger partial charge in [0.05, 0.1) is 13.3 Å². The van der Waals surface area contributed by atoms with Crippen molar-refractivity contribution in [1.82, 2.24) is 15.0 Å². The summed E-state index contributed by atoms with van der Waals surface area (Å²) < 4.78 is 45.6. The summed E-state index contributed by atoms with van der Waals surface area (Å²) in [6.45, 7) is -0.243. The number of rotatable bonds is 5. The second-order valence-corrected chi connectivity index (χ2v) is 5.03. The molecule has 0 atom stereocenters. The monoisotopic (exact) mass is 382 g/mol. The van der Waals surface area contributed by atoms with Gasteiger partial charge in [-0.15, -0.1) is 12.4 Å². The highest BCUT2D eigenvalue weighted by molar-refractivity contribution is 5.85. The smallest absolute Gasteiger partial charge is 0.180 e. The van der Waals surface area contributed by atoms with Crippen molar-refractivity contribution >= 4 is 18.2 Å². The van der Waals surface area contributed by atoms with Crippen molar-refractivity contribution in [2.24, 2.45) is 0 Å². The molecule has 0 bridgehead atoms. The van der Waals surface area contributed by atoms with Crippen LogP contribution in [0.15, 0.2) is 42.7 Å². The predicted molar refractivity (Wildman–Crippen MR) is 92.7 cm³/mol. The van der Waals surface area contributed by atoms with E-state index >= 15 is 0 Å². The van der Waals surface area contributed by atoms with E-state index in [1.807, 2.05) is 0 Å². The van der Waals surface area contributed by atoms with Crippen LogP contribution in [0.25, 0.3) is 11.5 Å². The first-order valence-electron chi connectivity index (χ1n) is 7.28. The fourth-order valence-electron chi connectivity index (χ4n) is 2.18. The van der Waals surface area contributed by atoms with Crippen molar-refractivity contribution in [3.63, 3.8) is 0 Å². The Bertz CT molecular complexity index is 873. The number of anilines is 1. The Labute approximate surface area is 153 Å². The van der Waals surface area contributed by atoms with E-state index in [-0.39, 0.29) is 30.3 Å². The van der Waals surface area contributed by atoms with Crippen LogP contribution in [-0.4, -0.2) is 22.1 Å². The summed E-state index contributed by atoms with van der Waals surface area (Å²) >= 11 is 0. The largest absolute Gasteiger partial charge is 0.491 e. The maximum absolute atomic E-state index is 13.7. The van der Waals surface area contributed by atoms with Crippen LogP contribution in [0.5, 0.6) is 5.75 Å². The first kappa shape index (κ1) is 19.5. The third-order valence-corrected chi connectivity index (χ3v) is 3.41. The number of ether oxygens (including phenoxy) is 1. The fraction of sp³-hybridized carbons (Fsp3) is 0.118. The van der Waals surface area contributed by atoms with Crippen molar-refractivity contribution < 1.29 is 17.9 Å². The van der Waals surface area contributed by atoms with E-state index in [1.165, 1.54) is 13.3 Å². The summed E-state index contributed by atoms with van der Waals surface area (Å²) in [6, 6.07) is 6.51. The van der Waals surface area contributed by atoms with Crippen molar-refractivity contribution in [2.75, 3.05) is 12.4 Å². The molecule has 2 aromatic heterocycles. The molecule has 5 nitrogen and oxygen atoms in total. The van der Waals surface area contributed by atoms with Gasteiger partial charge < -0.3 is 10.1 Å². The van der Waals surface area contributed by atoms with Crippen molar-refractivity contribution in [2.45, 2.75) is 6.54 Å². The van der Waals surface area contributed by atoms with Gasteiger partial charge in [0.25, 0.3) is 0 Å². The van der Waals surface area contributed by atoms with Crippen LogP contribution in [0.2, 0.25) is 0 Å². The summed E-state index contributed by atoms with van der Waals surface area (Å²) in [5, 5.41) is 2.79. The van der Waals surface area contributed by atoms with Crippen LogP contribution in [0, 0.1) is 17.5 Å². The summed E-state index contributed by atoms with van der Waals surface area (Å²) in [6.07, 6.45) is 3.02. The van der Waals surface area contributed by atoms with Crippen molar-refractivity contribution in [3.8, 4) is 17.3 Å². The van der Waals surface area contributed by atoms with E-state index in [9.17, 15) is 13.2 Å². The van der Waals surface area contributed by atoms with Crippen LogP contribution in [-0.2, 0) is 6.54 Å². The maximum atomic E-state index is 13.7. The molecule has 3 aromatic rings. The van der Waals surface area contributed by atoms with Gasteiger partial charge in [0.2, 0.25) is 0 Å². The van der Waals surface area contributed by atoms with E-state index < -0.39 is 17.5 Å². The lowest BCUT2D eigenvalue weighted by Gasteiger charge is -2.12. The van der Waals surface area contributed by atoms with Crippen LogP contribution in [0.3, 0.4) is 0 Å². The van der Waals surface area contributed by atoms with E-state index in [0.29, 0.717) is 29.4 Å². The Kier molecular flexibility index (Phi) is 6.35. The van der Waals surface area contributed by atoms with Gasteiger partial charge in [-0.25, -0.2) is 23.1 Å². The summed E-state index contributed by atoms with van der Waals surface area (Å²) in [4.78, 5) is 12.6. The van der Waals surface area contributed by atoms with Gasteiger partial charge in [0, 0.05) is 30.4 Å². The minimum absolute atomic E-state index is 0. The predicted octanol–water partition coefficient (Wildman–Crippen LogP) is 4.00. The second kappa shape index (κ2) is 8.48. The maximum Gasteiger partial charge on any atom is 0.180 e. The lowest BCUT2D eigenvalue weighted by molar-refractivity contribution is 0.412. The molecule has 136 valence electrons. The molecule has 0 amide bonds. The zero-order chi connectivity index (χ0) is 17.8. The lowest BCUT2D eigenvalue weighted by atomic mass is 10.2. The number of methoxy groups -OCH3 is 1. The van der Waals surface area contributed by atoms with Gasteiger partial charge >= 0.3 is 0 Å². The Morgan fingerprint density at radius 1 is 1.08 bits per heavy atom. The molecule has 0 aliphatic heterocycles. The molecule has 2 heterocycles. The van der Waals surface area contributed by atoms with Crippen LogP contribution >= 0.6 is 12.4 Å². The number of halogens is 4. The number of hydrogen-bond acceptors (Lipinski definition) is 5. The van der Waals surface area contributed by atoms with E-state index in [4.69, 9.17) is 4.74 Å². The van der Waals surface area contributed by atoms with Gasteiger partial charge in [0.1, 0.15) is 23.1 Å². The molecule has 0 radical (unpaired) electrons. The van der Waals surface area contributed by atoms with Gasteiger partial charge in [-0.1, -0.05) is 6.07 Å². The topological polar surface area (TPSA) is 59.9 Å². The third kappa shape index (κ3) is 4.20. The van der Waals surface area contributed by atoms with Crippen LogP contribution in [0.1, 0.15) is 5.56 Å². The Balaban J connectivity index is 0.00000243. The fourth-order valence-corrected chi connectivity index (χ4v) is 2.18. The summed E-state index contributed by atoms with van der Waals surface area (Å²) in [5.41, 5.74) is 0.230. The van der Waals surface area contributed by atoms with Crippen molar-refractivity contribution in [1.29, 1.82) is 0 Å². The van der Waals surface area contributed by atoms with E-state index in [1.54, 1.807) is 24.4 Å². The zero-order valence-electron chi connectivity index (χ0n) is 13.5. The molecule has 3 rings (SSSR count). The molecule has 0 fully saturated rings. The molecule has 0 saturated heterocycles. The number of pyridine rings is 1. The van der Waals surface area contributed by atoms with Crippen molar-refractivity contribution in [3.05, 3.63) is 65.7 Å². The van der Waals surface area contributed by atoms with Crippen LogP contribution in [0.4, 0.5) is 19.0 Å². The first-order valence-corrected chi connectivity index (χ1v) is 7.28. The number of nitrogens with one attached hydrogen (secondary N) is 1. The molecule has 0 spiro atoms. The van der Waals surface area contributed by atoms with Crippen LogP contribution < -0.4 is 10.1 Å². The highest BCUT2D eigenvalue weighted by atomic mass is 35.5. The Morgan fingerprint density at radius 3 is 2.42 bits per heavy atom. The minimum Gasteiger partial charge on any atom is -0.491 e. The van der Waals surface area contributed by atoms with Gasteiger partial charge in [-0.05, 0) is 12.1 Å². The zero-order valence-corrected chi connectivity index (χ0v) is 14.4. The van der Waals surface area contributed by atoms with E-state index in [0.717, 1.165) is 0 Å². The molecule has 9 heteroatoms. The van der Waals surface area contributed by atoms with Gasteiger partial charge in [-0.2, -0.15) is 0 Å². The molecular weight excluding hydrogens is 369 g/mol. The highest BCUT2D eigenvalue weighted by Gasteiger charge is 2.14. The average molecular weight is 383 g/mol. The molecule has 0 saturated carbocycles. The lowest BCUT2D eigenvalue weighted by Crippen LogP contribution is -2.09. The minimum atomic E-state index is -0.983. The number of aromatic nitrogens is 3. The van der Waals surface area contributed by atoms with Gasteiger partial charge in [0.15, 0.2) is 17.4 Å². The first-order chi connectivity index (χ1) is 12.1. The SMILES string of the molecule is COc1cnc(-c2ccccn2)nc1NCc1c(F)cc(F)cc1F.Cl. The molecular formula is C17H14ClF3N4O. The molecule has 0 unspecified atom stereocenters. The molecule has 1 aromatic carbocycles. The quantitative estimate of drug-likeness (QED) is 0.722. The number of nitrogens with zero attached hydrogens (tertiary/aromatic N) is 3. The standard InChI is InChI=1S/C17H13F3N4O.ClH/c1-25-15-9-23-16(14-4-2-3-5-21-14)24-17(15)22-8-11-12(19)6-10(18)7-13(11)20;/h2-7,9H,8H2,1H3,(H,22,23,24);1H. The highest BCUT2D eigenvalue weighted by Crippen LogP contribution is 2.25.